The normalized spacial score (nSPS) is 15.9. The second kappa shape index (κ2) is 3.67. The van der Waals surface area contributed by atoms with E-state index < -0.39 is 0 Å². The molecule has 0 aromatic carbocycles. The van der Waals surface area contributed by atoms with Gasteiger partial charge in [-0.25, -0.2) is 0 Å². The third kappa shape index (κ3) is 2.01. The van der Waals surface area contributed by atoms with Gasteiger partial charge in [0.1, 0.15) is 0 Å². The lowest BCUT2D eigenvalue weighted by molar-refractivity contribution is 0.425. The molecule has 1 heterocycles. The van der Waals surface area contributed by atoms with Gasteiger partial charge >= 0.3 is 0 Å². The zero-order valence-electron chi connectivity index (χ0n) is 9.31. The molecule has 0 spiro atoms. The number of rotatable bonds is 3. The minimum atomic E-state index is 0.235. The Balaban J connectivity index is 2.11. The van der Waals surface area contributed by atoms with Crippen LogP contribution in [0.25, 0.3) is 0 Å². The molecule has 78 valence electrons. The molecule has 0 amide bonds. The maximum atomic E-state index is 3.36. The van der Waals surface area contributed by atoms with Crippen molar-refractivity contribution in [1.29, 1.82) is 0 Å². The van der Waals surface area contributed by atoms with Crippen LogP contribution in [0.5, 0.6) is 0 Å². The number of likely N-dealkylation sites (N-methyl/N-ethyl adjacent to an activating group) is 1. The van der Waals surface area contributed by atoms with Crippen molar-refractivity contribution in [2.45, 2.75) is 45.1 Å². The quantitative estimate of drug-likeness (QED) is 0.807. The second-order valence-electron chi connectivity index (χ2n) is 4.83. The Labute approximate surface area is 90.5 Å². The van der Waals surface area contributed by atoms with Gasteiger partial charge < -0.3 is 5.32 Å². The van der Waals surface area contributed by atoms with E-state index in [1.807, 2.05) is 18.4 Å². The molecule has 1 aromatic rings. The highest BCUT2D eigenvalue weighted by Crippen LogP contribution is 2.32. The minimum absolute atomic E-state index is 0.235. The molecule has 2 heteroatoms. The summed E-state index contributed by atoms with van der Waals surface area (Å²) in [4.78, 5) is 3.20. The molecule has 0 atom stereocenters. The van der Waals surface area contributed by atoms with E-state index in [0.29, 0.717) is 0 Å². The number of hydrogen-bond donors (Lipinski definition) is 1. The van der Waals surface area contributed by atoms with E-state index in [1.54, 1.807) is 15.3 Å². The summed E-state index contributed by atoms with van der Waals surface area (Å²) in [5, 5.41) is 3.36. The monoisotopic (exact) mass is 209 g/mol. The number of fused-ring (bicyclic) bond motifs is 1. The summed E-state index contributed by atoms with van der Waals surface area (Å²) >= 11 is 2.02. The molecule has 0 aliphatic heterocycles. The summed E-state index contributed by atoms with van der Waals surface area (Å²) in [5.41, 5.74) is 1.86. The fourth-order valence-electron chi connectivity index (χ4n) is 2.00. The molecule has 0 radical (unpaired) electrons. The Bertz CT molecular complexity index is 304. The highest BCUT2D eigenvalue weighted by Gasteiger charge is 2.20. The van der Waals surface area contributed by atoms with Gasteiger partial charge in [0, 0.05) is 15.3 Å². The molecular weight excluding hydrogens is 190 g/mol. The largest absolute Gasteiger partial charge is 0.314 e. The Morgan fingerprint density at radius 3 is 2.86 bits per heavy atom. The first kappa shape index (κ1) is 10.2. The molecule has 1 aliphatic rings. The second-order valence-corrected chi connectivity index (χ2v) is 6.05. The van der Waals surface area contributed by atoms with Crippen LogP contribution in [0.4, 0.5) is 0 Å². The lowest BCUT2D eigenvalue weighted by Gasteiger charge is -2.22. The molecule has 1 aliphatic carbocycles. The van der Waals surface area contributed by atoms with Crippen LogP contribution in [-0.4, -0.2) is 12.6 Å². The van der Waals surface area contributed by atoms with E-state index in [0.717, 1.165) is 6.42 Å². The van der Waals surface area contributed by atoms with Crippen LogP contribution in [0.1, 0.15) is 35.6 Å². The highest BCUT2D eigenvalue weighted by atomic mass is 32.1. The van der Waals surface area contributed by atoms with Crippen molar-refractivity contribution < 1.29 is 0 Å². The van der Waals surface area contributed by atoms with Gasteiger partial charge in [0.2, 0.25) is 0 Å². The summed E-state index contributed by atoms with van der Waals surface area (Å²) < 4.78 is 0. The van der Waals surface area contributed by atoms with Gasteiger partial charge in [-0.3, -0.25) is 0 Å². The van der Waals surface area contributed by atoms with E-state index in [9.17, 15) is 0 Å². The molecule has 1 aromatic heterocycles. The maximum Gasteiger partial charge on any atom is 0.0170 e. The minimum Gasteiger partial charge on any atom is -0.314 e. The highest BCUT2D eigenvalue weighted by molar-refractivity contribution is 7.12. The van der Waals surface area contributed by atoms with Gasteiger partial charge in [0.25, 0.3) is 0 Å². The van der Waals surface area contributed by atoms with Gasteiger partial charge in [-0.05, 0) is 58.2 Å². The topological polar surface area (TPSA) is 12.0 Å². The van der Waals surface area contributed by atoms with Crippen LogP contribution in [-0.2, 0) is 19.3 Å². The van der Waals surface area contributed by atoms with Crippen molar-refractivity contribution in [2.75, 3.05) is 7.05 Å². The lowest BCUT2D eigenvalue weighted by atomic mass is 10.00. The third-order valence-corrected chi connectivity index (χ3v) is 4.33. The first-order valence-corrected chi connectivity index (χ1v) is 6.22. The number of nitrogens with one attached hydrogen (secondary N) is 1. The number of thiophene rings is 1. The van der Waals surface area contributed by atoms with Gasteiger partial charge in [-0.2, -0.15) is 0 Å². The van der Waals surface area contributed by atoms with Crippen molar-refractivity contribution in [2.24, 2.45) is 0 Å². The SMILES string of the molecule is CNC(C)(C)Cc1cc2c(s1)CCC2. The third-order valence-electron chi connectivity index (χ3n) is 3.09. The van der Waals surface area contributed by atoms with Crippen LogP contribution in [0, 0.1) is 0 Å². The fraction of sp³-hybridized carbons (Fsp3) is 0.667. The van der Waals surface area contributed by atoms with Crippen LogP contribution in [0.2, 0.25) is 0 Å². The summed E-state index contributed by atoms with van der Waals surface area (Å²) in [5.74, 6) is 0. The Morgan fingerprint density at radius 1 is 1.43 bits per heavy atom. The molecule has 0 saturated heterocycles. The summed E-state index contributed by atoms with van der Waals surface area (Å²) in [6.45, 7) is 4.52. The maximum absolute atomic E-state index is 3.36. The fourth-order valence-corrected chi connectivity index (χ4v) is 3.49. The van der Waals surface area contributed by atoms with E-state index in [-0.39, 0.29) is 5.54 Å². The Kier molecular flexibility index (Phi) is 2.67. The smallest absolute Gasteiger partial charge is 0.0170 e. The van der Waals surface area contributed by atoms with E-state index in [4.69, 9.17) is 0 Å². The van der Waals surface area contributed by atoms with E-state index in [1.165, 1.54) is 19.3 Å². The molecule has 0 bridgehead atoms. The first-order chi connectivity index (χ1) is 6.61. The van der Waals surface area contributed by atoms with E-state index >= 15 is 0 Å². The predicted octanol–water partition coefficient (Wildman–Crippen LogP) is 2.78. The molecule has 0 saturated carbocycles. The van der Waals surface area contributed by atoms with Crippen molar-refractivity contribution in [3.05, 3.63) is 21.4 Å². The van der Waals surface area contributed by atoms with Crippen LogP contribution in [0.15, 0.2) is 6.07 Å². The zero-order valence-corrected chi connectivity index (χ0v) is 10.1. The summed E-state index contributed by atoms with van der Waals surface area (Å²) in [6, 6.07) is 2.42. The van der Waals surface area contributed by atoms with Crippen LogP contribution >= 0.6 is 11.3 Å². The standard InChI is InChI=1S/C12H19NS/c1-12(2,13-3)8-10-7-9-5-4-6-11(9)14-10/h7,13H,4-6,8H2,1-3H3. The van der Waals surface area contributed by atoms with Gasteiger partial charge in [0.05, 0.1) is 0 Å². The van der Waals surface area contributed by atoms with Crippen LogP contribution < -0.4 is 5.32 Å². The van der Waals surface area contributed by atoms with Crippen LogP contribution in [0.3, 0.4) is 0 Å². The van der Waals surface area contributed by atoms with Gasteiger partial charge in [-0.1, -0.05) is 0 Å². The molecule has 1 N–H and O–H groups in total. The molecule has 14 heavy (non-hydrogen) atoms. The first-order valence-electron chi connectivity index (χ1n) is 5.40. The Hall–Kier alpha value is -0.340. The number of hydrogen-bond acceptors (Lipinski definition) is 2. The summed E-state index contributed by atoms with van der Waals surface area (Å²) in [6.07, 6.45) is 5.16. The molecular formula is C12H19NS. The zero-order chi connectivity index (χ0) is 10.2. The molecule has 0 unspecified atom stereocenters. The van der Waals surface area contributed by atoms with Crippen molar-refractivity contribution in [3.8, 4) is 0 Å². The van der Waals surface area contributed by atoms with Gasteiger partial charge in [0.15, 0.2) is 0 Å². The van der Waals surface area contributed by atoms with Crippen molar-refractivity contribution in [3.63, 3.8) is 0 Å². The van der Waals surface area contributed by atoms with Gasteiger partial charge in [-0.15, -0.1) is 11.3 Å². The lowest BCUT2D eigenvalue weighted by Crippen LogP contribution is -2.38. The molecule has 0 fully saturated rings. The average molecular weight is 209 g/mol. The Morgan fingerprint density at radius 2 is 2.21 bits per heavy atom. The summed E-state index contributed by atoms with van der Waals surface area (Å²) in [7, 11) is 2.04. The molecule has 1 nitrogen and oxygen atoms in total. The average Bonchev–Trinajstić information content (AvgIpc) is 2.63. The predicted molar refractivity (Wildman–Crippen MR) is 63.2 cm³/mol. The van der Waals surface area contributed by atoms with E-state index in [2.05, 4.69) is 25.2 Å². The van der Waals surface area contributed by atoms with Crippen molar-refractivity contribution >= 4 is 11.3 Å². The number of aryl methyl sites for hydroxylation is 2. The molecule has 2 rings (SSSR count). The van der Waals surface area contributed by atoms with Crippen molar-refractivity contribution in [1.82, 2.24) is 5.32 Å².